The standard InChI is InChI=1S/C8H17B/c1-4-7-8-9(5-2)6-3/h4H,1,5-8H2,2-3H3. The average molecular weight is 124 g/mol. The van der Waals surface area contributed by atoms with Crippen LogP contribution in [0.1, 0.15) is 20.3 Å². The van der Waals surface area contributed by atoms with Crippen LogP contribution in [-0.4, -0.2) is 6.71 Å². The first-order valence-electron chi connectivity index (χ1n) is 3.96. The van der Waals surface area contributed by atoms with E-state index in [0.717, 1.165) is 6.71 Å². The van der Waals surface area contributed by atoms with Crippen LogP contribution in [0.3, 0.4) is 0 Å². The lowest BCUT2D eigenvalue weighted by Gasteiger charge is -2.04. The highest BCUT2D eigenvalue weighted by molar-refractivity contribution is 6.58. The molecule has 0 amide bonds. The molecule has 0 radical (unpaired) electrons. The average Bonchev–Trinajstić information content (AvgIpc) is 1.91. The van der Waals surface area contributed by atoms with E-state index in [-0.39, 0.29) is 0 Å². The lowest BCUT2D eigenvalue weighted by Crippen LogP contribution is -2.06. The molecule has 0 aromatic heterocycles. The SMILES string of the molecule is C=CCCB(CC)CC. The van der Waals surface area contributed by atoms with Crippen molar-refractivity contribution in [2.75, 3.05) is 0 Å². The minimum absolute atomic E-state index is 0.933. The zero-order chi connectivity index (χ0) is 7.11. The van der Waals surface area contributed by atoms with Crippen LogP contribution in [0.25, 0.3) is 0 Å². The smallest absolute Gasteiger partial charge is 0.103 e. The summed E-state index contributed by atoms with van der Waals surface area (Å²) in [4.78, 5) is 0. The van der Waals surface area contributed by atoms with Crippen LogP contribution >= 0.6 is 0 Å². The molecule has 0 fully saturated rings. The summed E-state index contributed by atoms with van der Waals surface area (Å²) >= 11 is 0. The minimum atomic E-state index is 0.933. The summed E-state index contributed by atoms with van der Waals surface area (Å²) in [5.41, 5.74) is 0. The molecule has 0 spiro atoms. The first-order chi connectivity index (χ1) is 4.35. The van der Waals surface area contributed by atoms with Gasteiger partial charge in [-0.1, -0.05) is 38.9 Å². The Morgan fingerprint density at radius 1 is 1.33 bits per heavy atom. The van der Waals surface area contributed by atoms with Gasteiger partial charge in [-0.05, 0) is 6.42 Å². The van der Waals surface area contributed by atoms with Gasteiger partial charge in [-0.2, -0.15) is 0 Å². The van der Waals surface area contributed by atoms with E-state index in [1.165, 1.54) is 25.4 Å². The van der Waals surface area contributed by atoms with E-state index < -0.39 is 0 Å². The first kappa shape index (κ1) is 8.80. The third-order valence-corrected chi connectivity index (χ3v) is 1.93. The van der Waals surface area contributed by atoms with E-state index in [9.17, 15) is 0 Å². The molecule has 0 heterocycles. The molecule has 0 aromatic carbocycles. The number of rotatable bonds is 5. The van der Waals surface area contributed by atoms with Crippen molar-refractivity contribution in [2.45, 2.75) is 39.2 Å². The van der Waals surface area contributed by atoms with Crippen molar-refractivity contribution in [3.05, 3.63) is 12.7 Å². The van der Waals surface area contributed by atoms with Crippen LogP contribution in [0.4, 0.5) is 0 Å². The zero-order valence-corrected chi connectivity index (χ0v) is 6.69. The quantitative estimate of drug-likeness (QED) is 0.390. The van der Waals surface area contributed by atoms with Crippen LogP contribution in [0.15, 0.2) is 12.7 Å². The molecule has 0 unspecified atom stereocenters. The Bertz CT molecular complexity index is 65.0. The summed E-state index contributed by atoms with van der Waals surface area (Å²) in [7, 11) is 0. The van der Waals surface area contributed by atoms with E-state index in [2.05, 4.69) is 20.4 Å². The van der Waals surface area contributed by atoms with Crippen molar-refractivity contribution in [1.82, 2.24) is 0 Å². The molecule has 0 bridgehead atoms. The van der Waals surface area contributed by atoms with E-state index in [1.807, 2.05) is 6.08 Å². The van der Waals surface area contributed by atoms with Crippen molar-refractivity contribution >= 4 is 6.71 Å². The molecule has 0 saturated carbocycles. The molecule has 52 valence electrons. The predicted octanol–water partition coefficient (Wildman–Crippen LogP) is 3.10. The van der Waals surface area contributed by atoms with Crippen molar-refractivity contribution in [3.8, 4) is 0 Å². The Labute approximate surface area is 59.4 Å². The highest BCUT2D eigenvalue weighted by atomic mass is 13.8. The Morgan fingerprint density at radius 3 is 2.22 bits per heavy atom. The summed E-state index contributed by atoms with van der Waals surface area (Å²) in [6.45, 7) is 9.16. The Kier molecular flexibility index (Phi) is 5.80. The van der Waals surface area contributed by atoms with E-state index in [0.29, 0.717) is 0 Å². The van der Waals surface area contributed by atoms with Crippen molar-refractivity contribution < 1.29 is 0 Å². The van der Waals surface area contributed by atoms with Gasteiger partial charge in [0.15, 0.2) is 0 Å². The molecule has 9 heavy (non-hydrogen) atoms. The second-order valence-corrected chi connectivity index (χ2v) is 2.55. The van der Waals surface area contributed by atoms with Gasteiger partial charge in [-0.25, -0.2) is 0 Å². The van der Waals surface area contributed by atoms with Crippen molar-refractivity contribution in [1.29, 1.82) is 0 Å². The molecule has 0 aromatic rings. The Balaban J connectivity index is 3.19. The molecule has 0 saturated heterocycles. The van der Waals surface area contributed by atoms with E-state index in [4.69, 9.17) is 0 Å². The third kappa shape index (κ3) is 4.32. The van der Waals surface area contributed by atoms with E-state index in [1.54, 1.807) is 0 Å². The maximum Gasteiger partial charge on any atom is 0.139 e. The van der Waals surface area contributed by atoms with Crippen LogP contribution in [-0.2, 0) is 0 Å². The van der Waals surface area contributed by atoms with Crippen LogP contribution in [0.2, 0.25) is 19.0 Å². The monoisotopic (exact) mass is 124 g/mol. The molecule has 0 N–H and O–H groups in total. The van der Waals surface area contributed by atoms with Gasteiger partial charge >= 0.3 is 0 Å². The van der Waals surface area contributed by atoms with Gasteiger partial charge in [0.05, 0.1) is 0 Å². The topological polar surface area (TPSA) is 0 Å². The second-order valence-electron chi connectivity index (χ2n) is 2.55. The molecular formula is C8H17B. The summed E-state index contributed by atoms with van der Waals surface area (Å²) in [6, 6.07) is 0. The maximum absolute atomic E-state index is 3.70. The number of hydrogen-bond acceptors (Lipinski definition) is 0. The largest absolute Gasteiger partial charge is 0.139 e. The number of allylic oxidation sites excluding steroid dienone is 1. The van der Waals surface area contributed by atoms with Crippen LogP contribution in [0.5, 0.6) is 0 Å². The van der Waals surface area contributed by atoms with Gasteiger partial charge < -0.3 is 0 Å². The Morgan fingerprint density at radius 2 is 1.89 bits per heavy atom. The zero-order valence-electron chi connectivity index (χ0n) is 6.69. The molecule has 0 nitrogen and oxygen atoms in total. The van der Waals surface area contributed by atoms with Gasteiger partial charge in [0.2, 0.25) is 0 Å². The summed E-state index contributed by atoms with van der Waals surface area (Å²) < 4.78 is 0. The first-order valence-corrected chi connectivity index (χ1v) is 3.96. The molecule has 0 aliphatic carbocycles. The maximum atomic E-state index is 3.70. The van der Waals surface area contributed by atoms with Gasteiger partial charge in [-0.15, -0.1) is 6.58 Å². The molecule has 0 aliphatic rings. The molecule has 0 rings (SSSR count). The highest BCUT2D eigenvalue weighted by Gasteiger charge is 2.04. The summed E-state index contributed by atoms with van der Waals surface area (Å²) in [6.07, 6.45) is 7.18. The Hall–Kier alpha value is -0.195. The fraction of sp³-hybridized carbons (Fsp3) is 0.750. The lowest BCUT2D eigenvalue weighted by atomic mass is 9.43. The van der Waals surface area contributed by atoms with Gasteiger partial charge in [0.1, 0.15) is 6.71 Å². The van der Waals surface area contributed by atoms with Crippen LogP contribution in [0, 0.1) is 0 Å². The lowest BCUT2D eigenvalue weighted by molar-refractivity contribution is 1.14. The third-order valence-electron chi connectivity index (χ3n) is 1.93. The fourth-order valence-electron chi connectivity index (χ4n) is 1.05. The predicted molar refractivity (Wildman–Crippen MR) is 46.3 cm³/mol. The minimum Gasteiger partial charge on any atom is -0.103 e. The molecular weight excluding hydrogens is 107 g/mol. The van der Waals surface area contributed by atoms with Gasteiger partial charge in [0, 0.05) is 0 Å². The van der Waals surface area contributed by atoms with Crippen molar-refractivity contribution in [3.63, 3.8) is 0 Å². The van der Waals surface area contributed by atoms with Crippen molar-refractivity contribution in [2.24, 2.45) is 0 Å². The molecule has 0 atom stereocenters. The second kappa shape index (κ2) is 5.93. The molecule has 0 aliphatic heterocycles. The van der Waals surface area contributed by atoms with Crippen LogP contribution < -0.4 is 0 Å². The normalized spacial score (nSPS) is 9.11. The highest BCUT2D eigenvalue weighted by Crippen LogP contribution is 2.06. The van der Waals surface area contributed by atoms with Gasteiger partial charge in [-0.3, -0.25) is 0 Å². The fourth-order valence-corrected chi connectivity index (χ4v) is 1.05. The van der Waals surface area contributed by atoms with E-state index >= 15 is 0 Å². The number of hydrogen-bond donors (Lipinski definition) is 0. The molecule has 1 heteroatoms. The van der Waals surface area contributed by atoms with Gasteiger partial charge in [0.25, 0.3) is 0 Å². The summed E-state index contributed by atoms with van der Waals surface area (Å²) in [5.74, 6) is 0. The summed E-state index contributed by atoms with van der Waals surface area (Å²) in [5, 5.41) is 0.